The first-order chi connectivity index (χ1) is 10.8. The Hall–Kier alpha value is -1.90. The molecule has 118 valence electrons. The Morgan fingerprint density at radius 1 is 1.27 bits per heavy atom. The molecule has 1 saturated heterocycles. The summed E-state index contributed by atoms with van der Waals surface area (Å²) in [5, 5.41) is 11.7. The minimum absolute atomic E-state index is 0.0892. The number of aryl methyl sites for hydroxylation is 1. The lowest BCUT2D eigenvalue weighted by molar-refractivity contribution is -0.121. The van der Waals surface area contributed by atoms with E-state index in [0.717, 1.165) is 51.4 Å². The van der Waals surface area contributed by atoms with Crippen LogP contribution in [0, 0.1) is 11.3 Å². The van der Waals surface area contributed by atoms with E-state index < -0.39 is 0 Å². The lowest BCUT2D eigenvalue weighted by Gasteiger charge is -2.26. The molecular formula is C17H23N3O2. The molecule has 0 aromatic heterocycles. The molecule has 2 rings (SSSR count). The first kappa shape index (κ1) is 16.5. The number of ether oxygens (including phenoxy) is 1. The second-order valence-electron chi connectivity index (χ2n) is 5.47. The fraction of sp³-hybridized carbons (Fsp3) is 0.529. The number of nitrogens with one attached hydrogen (secondary N) is 1. The van der Waals surface area contributed by atoms with Crippen LogP contribution in [0.1, 0.15) is 24.0 Å². The quantitative estimate of drug-likeness (QED) is 0.772. The predicted molar refractivity (Wildman–Crippen MR) is 84.4 cm³/mol. The van der Waals surface area contributed by atoms with Gasteiger partial charge in [-0.1, -0.05) is 12.1 Å². The smallest absolute Gasteiger partial charge is 0.220 e. The fourth-order valence-electron chi connectivity index (χ4n) is 2.45. The third kappa shape index (κ3) is 5.84. The van der Waals surface area contributed by atoms with Gasteiger partial charge in [-0.25, -0.2) is 0 Å². The molecule has 1 amide bonds. The number of hydrogen-bond donors (Lipinski definition) is 1. The van der Waals surface area contributed by atoms with Gasteiger partial charge < -0.3 is 10.1 Å². The van der Waals surface area contributed by atoms with Crippen LogP contribution >= 0.6 is 0 Å². The highest BCUT2D eigenvalue weighted by molar-refractivity contribution is 5.76. The van der Waals surface area contributed by atoms with Crippen molar-refractivity contribution < 1.29 is 9.53 Å². The third-order valence-electron chi connectivity index (χ3n) is 3.80. The van der Waals surface area contributed by atoms with Crippen LogP contribution in [-0.2, 0) is 16.0 Å². The number of nitrogens with zero attached hydrogens (tertiary/aromatic N) is 2. The summed E-state index contributed by atoms with van der Waals surface area (Å²) >= 11 is 0. The first-order valence-corrected chi connectivity index (χ1v) is 7.84. The monoisotopic (exact) mass is 301 g/mol. The topological polar surface area (TPSA) is 65.4 Å². The molecule has 0 radical (unpaired) electrons. The van der Waals surface area contributed by atoms with E-state index in [4.69, 9.17) is 10.00 Å². The second kappa shape index (κ2) is 9.19. The highest BCUT2D eigenvalue weighted by atomic mass is 16.5. The van der Waals surface area contributed by atoms with Crippen molar-refractivity contribution in [2.75, 3.05) is 39.4 Å². The van der Waals surface area contributed by atoms with Gasteiger partial charge in [-0.05, 0) is 37.1 Å². The molecule has 0 atom stereocenters. The number of nitriles is 1. The largest absolute Gasteiger partial charge is 0.379 e. The maximum absolute atomic E-state index is 11.8. The number of morpholine rings is 1. The highest BCUT2D eigenvalue weighted by Gasteiger charge is 2.09. The minimum atomic E-state index is 0.0892. The number of amides is 1. The molecule has 1 fully saturated rings. The van der Waals surface area contributed by atoms with Crippen molar-refractivity contribution in [1.29, 1.82) is 5.26 Å². The molecule has 0 spiro atoms. The lowest BCUT2D eigenvalue weighted by Crippen LogP contribution is -2.38. The molecule has 0 saturated carbocycles. The minimum Gasteiger partial charge on any atom is -0.379 e. The Kier molecular flexibility index (Phi) is 6.88. The van der Waals surface area contributed by atoms with Crippen LogP contribution in [0.4, 0.5) is 0 Å². The number of carbonyl (C=O) groups excluding carboxylic acids is 1. The number of benzene rings is 1. The van der Waals surface area contributed by atoms with Gasteiger partial charge in [0.1, 0.15) is 0 Å². The molecule has 1 aromatic carbocycles. The molecule has 0 aliphatic carbocycles. The maximum Gasteiger partial charge on any atom is 0.220 e. The summed E-state index contributed by atoms with van der Waals surface area (Å²) < 4.78 is 5.30. The summed E-state index contributed by atoms with van der Waals surface area (Å²) in [5.74, 6) is 0.0892. The molecule has 1 aliphatic rings. The number of hydrogen-bond acceptors (Lipinski definition) is 4. The molecule has 0 unspecified atom stereocenters. The van der Waals surface area contributed by atoms with Crippen molar-refractivity contribution in [2.45, 2.75) is 19.3 Å². The molecule has 5 heteroatoms. The van der Waals surface area contributed by atoms with Gasteiger partial charge in [0.25, 0.3) is 0 Å². The van der Waals surface area contributed by atoms with E-state index >= 15 is 0 Å². The van der Waals surface area contributed by atoms with Crippen LogP contribution < -0.4 is 5.32 Å². The Morgan fingerprint density at radius 2 is 2.00 bits per heavy atom. The zero-order valence-electron chi connectivity index (χ0n) is 12.9. The average molecular weight is 301 g/mol. The summed E-state index contributed by atoms with van der Waals surface area (Å²) in [5.41, 5.74) is 1.73. The Labute approximate surface area is 131 Å². The summed E-state index contributed by atoms with van der Waals surface area (Å²) in [4.78, 5) is 14.2. The molecule has 1 heterocycles. The molecule has 1 N–H and O–H groups in total. The van der Waals surface area contributed by atoms with Crippen LogP contribution in [0.25, 0.3) is 0 Å². The highest BCUT2D eigenvalue weighted by Crippen LogP contribution is 2.06. The number of carbonyl (C=O) groups is 1. The SMILES string of the molecule is N#Cc1ccc(CCC(=O)NCCCN2CCOCC2)cc1. The Balaban J connectivity index is 1.56. The maximum atomic E-state index is 11.8. The van der Waals surface area contributed by atoms with Crippen LogP contribution in [0.15, 0.2) is 24.3 Å². The molecule has 5 nitrogen and oxygen atoms in total. The molecular weight excluding hydrogens is 278 g/mol. The molecule has 1 aliphatic heterocycles. The van der Waals surface area contributed by atoms with Crippen molar-refractivity contribution in [3.63, 3.8) is 0 Å². The Morgan fingerprint density at radius 3 is 2.68 bits per heavy atom. The standard InChI is InChI=1S/C17H23N3O2/c18-14-16-4-2-15(3-5-16)6-7-17(21)19-8-1-9-20-10-12-22-13-11-20/h2-5H,1,6-13H2,(H,19,21). The average Bonchev–Trinajstić information content (AvgIpc) is 2.58. The lowest BCUT2D eigenvalue weighted by atomic mass is 10.1. The van der Waals surface area contributed by atoms with Crippen molar-refractivity contribution in [2.24, 2.45) is 0 Å². The molecule has 22 heavy (non-hydrogen) atoms. The summed E-state index contributed by atoms with van der Waals surface area (Å²) in [6.45, 7) is 5.36. The van der Waals surface area contributed by atoms with Crippen LogP contribution in [0.2, 0.25) is 0 Å². The summed E-state index contributed by atoms with van der Waals surface area (Å²) in [7, 11) is 0. The summed E-state index contributed by atoms with van der Waals surface area (Å²) in [6.07, 6.45) is 2.17. The van der Waals surface area contributed by atoms with Gasteiger partial charge in [-0.15, -0.1) is 0 Å². The van der Waals surface area contributed by atoms with Crippen molar-refractivity contribution in [1.82, 2.24) is 10.2 Å². The van der Waals surface area contributed by atoms with Crippen molar-refractivity contribution >= 4 is 5.91 Å². The van der Waals surface area contributed by atoms with Gasteiger partial charge in [0.2, 0.25) is 5.91 Å². The van der Waals surface area contributed by atoms with E-state index in [0.29, 0.717) is 18.4 Å². The van der Waals surface area contributed by atoms with E-state index in [1.807, 2.05) is 12.1 Å². The van der Waals surface area contributed by atoms with Crippen molar-refractivity contribution in [3.05, 3.63) is 35.4 Å². The van der Waals surface area contributed by atoms with E-state index in [-0.39, 0.29) is 5.91 Å². The zero-order valence-corrected chi connectivity index (χ0v) is 12.9. The van der Waals surface area contributed by atoms with Gasteiger partial charge in [0, 0.05) is 26.1 Å². The van der Waals surface area contributed by atoms with E-state index in [9.17, 15) is 4.79 Å². The van der Waals surface area contributed by atoms with Crippen LogP contribution in [0.5, 0.6) is 0 Å². The zero-order chi connectivity index (χ0) is 15.6. The first-order valence-electron chi connectivity index (χ1n) is 7.84. The third-order valence-corrected chi connectivity index (χ3v) is 3.80. The number of rotatable bonds is 7. The normalized spacial score (nSPS) is 15.2. The predicted octanol–water partition coefficient (Wildman–Crippen LogP) is 1.33. The second-order valence-corrected chi connectivity index (χ2v) is 5.47. The molecule has 0 bridgehead atoms. The van der Waals surface area contributed by atoms with Crippen LogP contribution in [0.3, 0.4) is 0 Å². The van der Waals surface area contributed by atoms with Gasteiger partial charge in [-0.3, -0.25) is 9.69 Å². The van der Waals surface area contributed by atoms with E-state index in [1.165, 1.54) is 0 Å². The van der Waals surface area contributed by atoms with Gasteiger partial charge in [0.05, 0.1) is 24.8 Å². The van der Waals surface area contributed by atoms with Gasteiger partial charge in [-0.2, -0.15) is 5.26 Å². The summed E-state index contributed by atoms with van der Waals surface area (Å²) in [6, 6.07) is 9.48. The Bertz CT molecular complexity index is 502. The van der Waals surface area contributed by atoms with Gasteiger partial charge >= 0.3 is 0 Å². The van der Waals surface area contributed by atoms with Crippen molar-refractivity contribution in [3.8, 4) is 6.07 Å². The molecule has 1 aromatic rings. The van der Waals surface area contributed by atoms with Gasteiger partial charge in [0.15, 0.2) is 0 Å². The van der Waals surface area contributed by atoms with Crippen LogP contribution in [-0.4, -0.2) is 50.2 Å². The van der Waals surface area contributed by atoms with E-state index in [1.54, 1.807) is 12.1 Å². The van der Waals surface area contributed by atoms with E-state index in [2.05, 4.69) is 16.3 Å². The fourth-order valence-corrected chi connectivity index (χ4v) is 2.45.